The minimum Gasteiger partial charge on any atom is -0.223 e. The third kappa shape index (κ3) is 4.34. The van der Waals surface area contributed by atoms with Crippen molar-refractivity contribution in [2.24, 2.45) is 5.41 Å². The zero-order chi connectivity index (χ0) is 11.5. The van der Waals surface area contributed by atoms with E-state index in [0.29, 0.717) is 4.21 Å². The lowest BCUT2D eigenvalue weighted by Gasteiger charge is -2.17. The quantitative estimate of drug-likeness (QED) is 0.816. The van der Waals surface area contributed by atoms with Gasteiger partial charge < -0.3 is 0 Å². The van der Waals surface area contributed by atoms with Crippen LogP contribution in [0, 0.1) is 5.41 Å². The van der Waals surface area contributed by atoms with E-state index < -0.39 is 9.84 Å². The van der Waals surface area contributed by atoms with Crippen LogP contribution in [0.1, 0.15) is 33.6 Å². The van der Waals surface area contributed by atoms with Crippen molar-refractivity contribution in [2.45, 2.75) is 37.8 Å². The first-order valence-corrected chi connectivity index (χ1v) is 7.61. The summed E-state index contributed by atoms with van der Waals surface area (Å²) in [5.41, 5.74) is 0.213. The van der Waals surface area contributed by atoms with Crippen LogP contribution in [0.15, 0.2) is 21.7 Å². The fourth-order valence-electron chi connectivity index (χ4n) is 1.33. The molecule has 0 fully saturated rings. The van der Waals surface area contributed by atoms with E-state index in [1.165, 1.54) is 11.3 Å². The van der Waals surface area contributed by atoms with Crippen LogP contribution in [0.4, 0.5) is 0 Å². The molecule has 1 rings (SSSR count). The highest BCUT2D eigenvalue weighted by atomic mass is 32.2. The van der Waals surface area contributed by atoms with Crippen LogP contribution in [0.25, 0.3) is 0 Å². The Hall–Kier alpha value is -0.350. The summed E-state index contributed by atoms with van der Waals surface area (Å²) in [5.74, 6) is 0.269. The Morgan fingerprint density at radius 3 is 2.47 bits per heavy atom. The summed E-state index contributed by atoms with van der Waals surface area (Å²) in [6.07, 6.45) is 1.68. The second kappa shape index (κ2) is 4.66. The molecule has 0 aliphatic heterocycles. The first-order chi connectivity index (χ1) is 6.81. The summed E-state index contributed by atoms with van der Waals surface area (Å²) in [4.78, 5) is 0. The minimum absolute atomic E-state index is 0.213. The zero-order valence-electron chi connectivity index (χ0n) is 9.49. The average molecular weight is 246 g/mol. The summed E-state index contributed by atoms with van der Waals surface area (Å²) in [6.45, 7) is 6.39. The van der Waals surface area contributed by atoms with Crippen molar-refractivity contribution in [3.05, 3.63) is 17.5 Å². The predicted molar refractivity (Wildman–Crippen MR) is 65.1 cm³/mol. The molecule has 0 saturated heterocycles. The van der Waals surface area contributed by atoms with Crippen LogP contribution in [-0.4, -0.2) is 14.2 Å². The van der Waals surface area contributed by atoms with Gasteiger partial charge in [-0.25, -0.2) is 8.42 Å². The molecule has 1 aromatic rings. The first-order valence-electron chi connectivity index (χ1n) is 5.07. The van der Waals surface area contributed by atoms with E-state index in [4.69, 9.17) is 0 Å². The normalized spacial score (nSPS) is 13.0. The summed E-state index contributed by atoms with van der Waals surface area (Å²) in [5, 5.41) is 1.80. The van der Waals surface area contributed by atoms with Gasteiger partial charge in [-0.15, -0.1) is 11.3 Å². The van der Waals surface area contributed by atoms with E-state index in [9.17, 15) is 8.42 Å². The van der Waals surface area contributed by atoms with Gasteiger partial charge in [-0.1, -0.05) is 26.8 Å². The molecule has 0 aromatic carbocycles. The van der Waals surface area contributed by atoms with Crippen LogP contribution in [-0.2, 0) is 9.84 Å². The molecule has 0 saturated carbocycles. The van der Waals surface area contributed by atoms with Gasteiger partial charge in [0.25, 0.3) is 0 Å². The van der Waals surface area contributed by atoms with Crippen LogP contribution >= 0.6 is 11.3 Å². The molecular weight excluding hydrogens is 228 g/mol. The minimum atomic E-state index is -3.02. The monoisotopic (exact) mass is 246 g/mol. The van der Waals surface area contributed by atoms with Gasteiger partial charge >= 0.3 is 0 Å². The Kier molecular flexibility index (Phi) is 3.95. The third-order valence-electron chi connectivity index (χ3n) is 2.14. The number of hydrogen-bond donors (Lipinski definition) is 0. The molecule has 0 aliphatic rings. The van der Waals surface area contributed by atoms with Crippen LogP contribution in [0.2, 0.25) is 0 Å². The molecule has 4 heteroatoms. The van der Waals surface area contributed by atoms with Gasteiger partial charge in [0.05, 0.1) is 5.75 Å². The first kappa shape index (κ1) is 12.7. The van der Waals surface area contributed by atoms with Crippen LogP contribution in [0.3, 0.4) is 0 Å². The van der Waals surface area contributed by atoms with Gasteiger partial charge in [-0.05, 0) is 29.7 Å². The van der Waals surface area contributed by atoms with E-state index in [0.717, 1.165) is 12.8 Å². The van der Waals surface area contributed by atoms with Gasteiger partial charge in [0.2, 0.25) is 0 Å². The number of sulfone groups is 1. The molecule has 15 heavy (non-hydrogen) atoms. The smallest absolute Gasteiger partial charge is 0.187 e. The Labute approximate surface area is 96.3 Å². The molecule has 2 nitrogen and oxygen atoms in total. The van der Waals surface area contributed by atoms with Gasteiger partial charge in [0, 0.05) is 0 Å². The van der Waals surface area contributed by atoms with E-state index >= 15 is 0 Å². The molecule has 1 aromatic heterocycles. The van der Waals surface area contributed by atoms with Crippen molar-refractivity contribution in [3.8, 4) is 0 Å². The Balaban J connectivity index is 2.53. The highest BCUT2D eigenvalue weighted by molar-refractivity contribution is 7.93. The van der Waals surface area contributed by atoms with E-state index in [1.54, 1.807) is 17.5 Å². The second-order valence-corrected chi connectivity index (χ2v) is 8.20. The summed E-state index contributed by atoms with van der Waals surface area (Å²) in [7, 11) is -3.02. The van der Waals surface area contributed by atoms with Crippen LogP contribution in [0.5, 0.6) is 0 Å². The van der Waals surface area contributed by atoms with Crippen molar-refractivity contribution in [2.75, 3.05) is 5.75 Å². The molecule has 0 aliphatic carbocycles. The van der Waals surface area contributed by atoms with E-state index in [2.05, 4.69) is 20.8 Å². The lowest BCUT2D eigenvalue weighted by molar-refractivity contribution is 0.373. The van der Waals surface area contributed by atoms with Gasteiger partial charge in [-0.2, -0.15) is 0 Å². The maximum Gasteiger partial charge on any atom is 0.187 e. The maximum atomic E-state index is 11.8. The Morgan fingerprint density at radius 2 is 2.00 bits per heavy atom. The summed E-state index contributed by atoms with van der Waals surface area (Å²) >= 11 is 1.30. The maximum absolute atomic E-state index is 11.8. The lowest BCUT2D eigenvalue weighted by Crippen LogP contribution is -2.10. The van der Waals surface area contributed by atoms with Crippen molar-refractivity contribution in [1.29, 1.82) is 0 Å². The Morgan fingerprint density at radius 1 is 1.33 bits per heavy atom. The summed E-state index contributed by atoms with van der Waals surface area (Å²) < 4.78 is 24.1. The average Bonchev–Trinajstić information content (AvgIpc) is 2.52. The zero-order valence-corrected chi connectivity index (χ0v) is 11.1. The standard InChI is InChI=1S/C11H18O2S2/c1-11(2,3)7-5-9-15(12,13)10-6-4-8-14-10/h4,6,8H,5,7,9H2,1-3H3. The molecule has 0 amide bonds. The molecule has 0 unspecified atom stereocenters. The predicted octanol–water partition coefficient (Wildman–Crippen LogP) is 3.35. The van der Waals surface area contributed by atoms with Gasteiger partial charge in [0.15, 0.2) is 9.84 Å². The fraction of sp³-hybridized carbons (Fsp3) is 0.636. The summed E-state index contributed by atoms with van der Waals surface area (Å²) in [6, 6.07) is 3.46. The van der Waals surface area contributed by atoms with Gasteiger partial charge in [-0.3, -0.25) is 0 Å². The fourth-order valence-corrected chi connectivity index (χ4v) is 3.80. The molecule has 0 radical (unpaired) electrons. The largest absolute Gasteiger partial charge is 0.223 e. The molecule has 0 N–H and O–H groups in total. The molecule has 0 atom stereocenters. The van der Waals surface area contributed by atoms with Crippen LogP contribution < -0.4 is 0 Å². The van der Waals surface area contributed by atoms with Crippen molar-refractivity contribution < 1.29 is 8.42 Å². The van der Waals surface area contributed by atoms with Crippen molar-refractivity contribution in [1.82, 2.24) is 0 Å². The molecule has 1 heterocycles. The molecular formula is C11H18O2S2. The van der Waals surface area contributed by atoms with E-state index in [-0.39, 0.29) is 11.2 Å². The second-order valence-electron chi connectivity index (χ2n) is 4.92. The SMILES string of the molecule is CC(C)(C)CCCS(=O)(=O)c1cccs1. The lowest BCUT2D eigenvalue weighted by atomic mass is 9.91. The molecule has 0 bridgehead atoms. The molecule has 0 spiro atoms. The highest BCUT2D eigenvalue weighted by Crippen LogP contribution is 2.23. The topological polar surface area (TPSA) is 34.1 Å². The van der Waals surface area contributed by atoms with E-state index in [1.807, 2.05) is 0 Å². The number of rotatable bonds is 4. The number of hydrogen-bond acceptors (Lipinski definition) is 3. The highest BCUT2D eigenvalue weighted by Gasteiger charge is 2.17. The number of thiophene rings is 1. The van der Waals surface area contributed by atoms with Crippen molar-refractivity contribution in [3.63, 3.8) is 0 Å². The Bertz CT molecular complexity index is 383. The molecule has 86 valence electrons. The third-order valence-corrected chi connectivity index (χ3v) is 5.43. The van der Waals surface area contributed by atoms with Crippen molar-refractivity contribution >= 4 is 21.2 Å². The van der Waals surface area contributed by atoms with Gasteiger partial charge in [0.1, 0.15) is 4.21 Å².